The van der Waals surface area contributed by atoms with Gasteiger partial charge in [0.05, 0.1) is 5.60 Å². The lowest BCUT2D eigenvalue weighted by atomic mass is 9.72. The van der Waals surface area contributed by atoms with Gasteiger partial charge in [-0.3, -0.25) is 0 Å². The molecule has 1 saturated carbocycles. The van der Waals surface area contributed by atoms with Gasteiger partial charge in [0, 0.05) is 7.11 Å². The first-order valence-electron chi connectivity index (χ1n) is 9.24. The Morgan fingerprint density at radius 2 is 1.60 bits per heavy atom. The first-order chi connectivity index (χ1) is 9.69. The third-order valence-electron chi connectivity index (χ3n) is 5.32. The Kier molecular flexibility index (Phi) is 11.6. The average Bonchev–Trinajstić information content (AvgIpc) is 2.79. The molecule has 0 amide bonds. The number of ether oxygens (including phenoxy) is 1. The van der Waals surface area contributed by atoms with Crippen molar-refractivity contribution in [2.75, 3.05) is 7.11 Å². The molecule has 1 aliphatic rings. The average molecular weight is 285 g/mol. The van der Waals surface area contributed by atoms with Crippen LogP contribution in [-0.2, 0) is 4.74 Å². The topological polar surface area (TPSA) is 9.23 Å². The predicted octanol–water partition coefficient (Wildman–Crippen LogP) is 6.60. The summed E-state index contributed by atoms with van der Waals surface area (Å²) in [6.45, 7) is 11.0. The van der Waals surface area contributed by atoms with Gasteiger partial charge < -0.3 is 4.74 Å². The lowest BCUT2D eigenvalue weighted by Crippen LogP contribution is -2.44. The Morgan fingerprint density at radius 1 is 1.05 bits per heavy atom. The van der Waals surface area contributed by atoms with E-state index in [1.807, 2.05) is 21.0 Å². The summed E-state index contributed by atoms with van der Waals surface area (Å²) in [5.41, 5.74) is 0.119. The molecule has 0 aliphatic heterocycles. The van der Waals surface area contributed by atoms with Crippen molar-refractivity contribution < 1.29 is 4.74 Å². The lowest BCUT2D eigenvalue weighted by molar-refractivity contribution is -0.0965. The molecule has 2 atom stereocenters. The fourth-order valence-corrected chi connectivity index (χ4v) is 3.87. The molecule has 0 heterocycles. The Hall–Kier alpha value is -0.0400. The molecule has 0 aromatic rings. The van der Waals surface area contributed by atoms with E-state index in [0.717, 1.165) is 11.8 Å². The SMILES string of the molecule is CC.CCCCC(CC)C(C)(OC)C1CCCCCC1. The van der Waals surface area contributed by atoms with Gasteiger partial charge in [-0.25, -0.2) is 0 Å². The van der Waals surface area contributed by atoms with E-state index in [4.69, 9.17) is 4.74 Å². The van der Waals surface area contributed by atoms with Gasteiger partial charge >= 0.3 is 0 Å². The first kappa shape index (κ1) is 20.0. The van der Waals surface area contributed by atoms with Crippen LogP contribution in [0.25, 0.3) is 0 Å². The van der Waals surface area contributed by atoms with E-state index in [-0.39, 0.29) is 5.60 Å². The molecule has 0 saturated heterocycles. The van der Waals surface area contributed by atoms with Gasteiger partial charge in [-0.15, -0.1) is 0 Å². The zero-order valence-corrected chi connectivity index (χ0v) is 15.1. The van der Waals surface area contributed by atoms with Gasteiger partial charge in [-0.2, -0.15) is 0 Å². The van der Waals surface area contributed by atoms with Crippen molar-refractivity contribution in [3.8, 4) is 0 Å². The van der Waals surface area contributed by atoms with Crippen LogP contribution in [0.4, 0.5) is 0 Å². The van der Waals surface area contributed by atoms with Crippen LogP contribution in [0.3, 0.4) is 0 Å². The minimum atomic E-state index is 0.119. The summed E-state index contributed by atoms with van der Waals surface area (Å²) in [6.07, 6.45) is 13.7. The van der Waals surface area contributed by atoms with Crippen LogP contribution in [0.2, 0.25) is 0 Å². The highest BCUT2D eigenvalue weighted by Crippen LogP contribution is 2.41. The summed E-state index contributed by atoms with van der Waals surface area (Å²) in [5, 5.41) is 0. The summed E-state index contributed by atoms with van der Waals surface area (Å²) in [6, 6.07) is 0. The molecule has 1 fully saturated rings. The number of unbranched alkanes of at least 4 members (excludes halogenated alkanes) is 1. The van der Waals surface area contributed by atoms with Gasteiger partial charge in [0.1, 0.15) is 0 Å². The Bertz CT molecular complexity index is 206. The van der Waals surface area contributed by atoms with E-state index < -0.39 is 0 Å². The van der Waals surface area contributed by atoms with E-state index in [2.05, 4.69) is 20.8 Å². The summed E-state index contributed by atoms with van der Waals surface area (Å²) in [5.74, 6) is 1.53. The van der Waals surface area contributed by atoms with Crippen LogP contribution in [0.15, 0.2) is 0 Å². The summed E-state index contributed by atoms with van der Waals surface area (Å²) in [4.78, 5) is 0. The van der Waals surface area contributed by atoms with E-state index in [1.54, 1.807) is 0 Å². The molecule has 1 aliphatic carbocycles. The van der Waals surface area contributed by atoms with Gasteiger partial charge in [-0.1, -0.05) is 72.6 Å². The van der Waals surface area contributed by atoms with Crippen LogP contribution in [-0.4, -0.2) is 12.7 Å². The van der Waals surface area contributed by atoms with Crippen LogP contribution < -0.4 is 0 Å². The molecule has 0 bridgehead atoms. The van der Waals surface area contributed by atoms with Crippen molar-refractivity contribution in [1.29, 1.82) is 0 Å². The normalized spacial score (nSPS) is 21.3. The summed E-state index contributed by atoms with van der Waals surface area (Å²) >= 11 is 0. The highest BCUT2D eigenvalue weighted by Gasteiger charge is 2.40. The predicted molar refractivity (Wildman–Crippen MR) is 91.3 cm³/mol. The van der Waals surface area contributed by atoms with Crippen LogP contribution in [0, 0.1) is 11.8 Å². The highest BCUT2D eigenvalue weighted by atomic mass is 16.5. The van der Waals surface area contributed by atoms with Crippen molar-refractivity contribution in [3.05, 3.63) is 0 Å². The molecule has 0 aromatic carbocycles. The van der Waals surface area contributed by atoms with Crippen molar-refractivity contribution in [1.82, 2.24) is 0 Å². The van der Waals surface area contributed by atoms with E-state index in [0.29, 0.717) is 0 Å². The zero-order chi connectivity index (χ0) is 15.4. The fraction of sp³-hybridized carbons (Fsp3) is 1.00. The highest BCUT2D eigenvalue weighted by molar-refractivity contribution is 4.90. The number of hydrogen-bond donors (Lipinski definition) is 0. The van der Waals surface area contributed by atoms with Crippen LogP contribution in [0.5, 0.6) is 0 Å². The number of methoxy groups -OCH3 is 1. The monoisotopic (exact) mass is 284 g/mol. The van der Waals surface area contributed by atoms with Crippen molar-refractivity contribution in [3.63, 3.8) is 0 Å². The summed E-state index contributed by atoms with van der Waals surface area (Å²) < 4.78 is 6.08. The number of hydrogen-bond acceptors (Lipinski definition) is 1. The first-order valence-corrected chi connectivity index (χ1v) is 9.24. The van der Waals surface area contributed by atoms with Crippen LogP contribution in [0.1, 0.15) is 98.8 Å². The second-order valence-corrected chi connectivity index (χ2v) is 6.32. The van der Waals surface area contributed by atoms with Crippen LogP contribution >= 0.6 is 0 Å². The van der Waals surface area contributed by atoms with E-state index >= 15 is 0 Å². The summed E-state index contributed by atoms with van der Waals surface area (Å²) in [7, 11) is 1.94. The molecule has 1 heteroatoms. The van der Waals surface area contributed by atoms with Crippen molar-refractivity contribution in [2.24, 2.45) is 11.8 Å². The molecule has 0 radical (unpaired) electrons. The molecule has 2 unspecified atom stereocenters. The second-order valence-electron chi connectivity index (χ2n) is 6.32. The minimum Gasteiger partial charge on any atom is -0.378 e. The second kappa shape index (κ2) is 11.6. The maximum absolute atomic E-state index is 6.08. The molecule has 1 nitrogen and oxygen atoms in total. The maximum atomic E-state index is 6.08. The maximum Gasteiger partial charge on any atom is 0.0706 e. The molecule has 0 spiro atoms. The van der Waals surface area contributed by atoms with Crippen molar-refractivity contribution >= 4 is 0 Å². The van der Waals surface area contributed by atoms with Gasteiger partial charge in [0.2, 0.25) is 0 Å². The van der Waals surface area contributed by atoms with E-state index in [1.165, 1.54) is 64.2 Å². The largest absolute Gasteiger partial charge is 0.378 e. The molecule has 122 valence electrons. The molecule has 20 heavy (non-hydrogen) atoms. The third-order valence-corrected chi connectivity index (χ3v) is 5.32. The molecule has 0 aromatic heterocycles. The molecule has 0 N–H and O–H groups in total. The third kappa shape index (κ3) is 5.76. The molecular weight excluding hydrogens is 244 g/mol. The lowest BCUT2D eigenvalue weighted by Gasteiger charge is -2.43. The van der Waals surface area contributed by atoms with Gasteiger partial charge in [0.15, 0.2) is 0 Å². The zero-order valence-electron chi connectivity index (χ0n) is 15.1. The fourth-order valence-electron chi connectivity index (χ4n) is 3.87. The standard InChI is InChI=1S/C17H34O.C2H6/c1-5-7-12-15(6-2)17(3,18-4)16-13-10-8-9-11-14-16;1-2/h15-16H,5-14H2,1-4H3;1-2H3. The van der Waals surface area contributed by atoms with E-state index in [9.17, 15) is 0 Å². The number of rotatable bonds is 7. The Balaban J connectivity index is 0.00000172. The molecular formula is C19H40O. The van der Waals surface area contributed by atoms with Crippen molar-refractivity contribution in [2.45, 2.75) is 104 Å². The Labute approximate surface area is 128 Å². The smallest absolute Gasteiger partial charge is 0.0706 e. The van der Waals surface area contributed by atoms with Gasteiger partial charge in [-0.05, 0) is 38.0 Å². The molecule has 1 rings (SSSR count). The quantitative estimate of drug-likeness (QED) is 0.478. The minimum absolute atomic E-state index is 0.119. The Morgan fingerprint density at radius 3 is 2.00 bits per heavy atom. The van der Waals surface area contributed by atoms with Gasteiger partial charge in [0.25, 0.3) is 0 Å².